The van der Waals surface area contributed by atoms with Crippen LogP contribution in [0.2, 0.25) is 0 Å². The molecule has 2 aromatic rings. The van der Waals surface area contributed by atoms with Crippen molar-refractivity contribution in [1.82, 2.24) is 10.3 Å². The standard InChI is InChI=1S/C12H14N6O6/c1-12(2,6-23-11-10(13)15-24-16-11)14-8-4-3-7(17(19)20)5-9(8)18(21)22/h3-5,14H,6H2,1-2H3,(H2,13,15). The Morgan fingerprint density at radius 2 is 2.00 bits per heavy atom. The zero-order chi connectivity index (χ0) is 17.9. The third-order valence-corrected chi connectivity index (χ3v) is 2.91. The summed E-state index contributed by atoms with van der Waals surface area (Å²) in [4.78, 5) is 20.5. The van der Waals surface area contributed by atoms with E-state index in [9.17, 15) is 20.2 Å². The van der Waals surface area contributed by atoms with Gasteiger partial charge in [0.15, 0.2) is 0 Å². The van der Waals surface area contributed by atoms with Crippen molar-refractivity contribution in [3.63, 3.8) is 0 Å². The van der Waals surface area contributed by atoms with Crippen LogP contribution in [0.3, 0.4) is 0 Å². The van der Waals surface area contributed by atoms with E-state index in [0.29, 0.717) is 0 Å². The molecule has 12 heteroatoms. The molecule has 24 heavy (non-hydrogen) atoms. The van der Waals surface area contributed by atoms with Gasteiger partial charge < -0.3 is 15.8 Å². The van der Waals surface area contributed by atoms with Gasteiger partial charge in [-0.2, -0.15) is 0 Å². The van der Waals surface area contributed by atoms with Crippen LogP contribution in [0.4, 0.5) is 22.9 Å². The number of nitrogens with zero attached hydrogens (tertiary/aromatic N) is 4. The maximum absolute atomic E-state index is 11.1. The highest BCUT2D eigenvalue weighted by molar-refractivity contribution is 5.66. The fraction of sp³-hybridized carbons (Fsp3) is 0.333. The molecule has 12 nitrogen and oxygen atoms in total. The fourth-order valence-corrected chi connectivity index (χ4v) is 1.83. The molecule has 0 aliphatic carbocycles. The van der Waals surface area contributed by atoms with Gasteiger partial charge in [0, 0.05) is 6.07 Å². The summed E-state index contributed by atoms with van der Waals surface area (Å²) < 4.78 is 9.73. The molecule has 0 spiro atoms. The van der Waals surface area contributed by atoms with Crippen LogP contribution in [-0.4, -0.2) is 32.3 Å². The number of rotatable bonds is 7. The zero-order valence-corrected chi connectivity index (χ0v) is 12.8. The van der Waals surface area contributed by atoms with Gasteiger partial charge in [0.25, 0.3) is 17.3 Å². The minimum absolute atomic E-state index is 0.00285. The van der Waals surface area contributed by atoms with Gasteiger partial charge in [-0.15, -0.1) is 0 Å². The Hall–Kier alpha value is -3.44. The van der Waals surface area contributed by atoms with Crippen LogP contribution in [0.25, 0.3) is 0 Å². The molecule has 3 N–H and O–H groups in total. The number of hydrogen-bond acceptors (Lipinski definition) is 10. The number of aromatic nitrogens is 2. The number of ether oxygens (including phenoxy) is 1. The molecule has 2 rings (SSSR count). The first kappa shape index (κ1) is 16.9. The van der Waals surface area contributed by atoms with Crippen LogP contribution in [0.5, 0.6) is 5.88 Å². The van der Waals surface area contributed by atoms with Crippen molar-refractivity contribution in [2.75, 3.05) is 17.7 Å². The minimum atomic E-state index is -0.785. The molecule has 0 amide bonds. The number of nitrogens with one attached hydrogen (secondary N) is 1. The molecule has 0 radical (unpaired) electrons. The number of nitrogen functional groups attached to an aromatic ring is 1. The Morgan fingerprint density at radius 3 is 2.54 bits per heavy atom. The Bertz CT molecular complexity index is 773. The molecule has 1 aromatic carbocycles. The maximum atomic E-state index is 11.1. The van der Waals surface area contributed by atoms with Gasteiger partial charge >= 0.3 is 0 Å². The van der Waals surface area contributed by atoms with Crippen molar-refractivity contribution in [1.29, 1.82) is 0 Å². The Balaban J connectivity index is 2.17. The van der Waals surface area contributed by atoms with Crippen LogP contribution >= 0.6 is 0 Å². The Morgan fingerprint density at radius 1 is 1.29 bits per heavy atom. The van der Waals surface area contributed by atoms with Crippen molar-refractivity contribution in [3.05, 3.63) is 38.4 Å². The minimum Gasteiger partial charge on any atom is -0.470 e. The summed E-state index contributed by atoms with van der Waals surface area (Å²) in [5.74, 6) is -0.0183. The van der Waals surface area contributed by atoms with E-state index in [1.54, 1.807) is 13.8 Å². The summed E-state index contributed by atoms with van der Waals surface area (Å²) in [7, 11) is 0. The van der Waals surface area contributed by atoms with Crippen LogP contribution in [0.15, 0.2) is 22.8 Å². The van der Waals surface area contributed by atoms with Gasteiger partial charge in [-0.3, -0.25) is 20.2 Å². The Kier molecular flexibility index (Phi) is 4.48. The fourth-order valence-electron chi connectivity index (χ4n) is 1.83. The van der Waals surface area contributed by atoms with Gasteiger partial charge in [-0.25, -0.2) is 4.63 Å². The van der Waals surface area contributed by atoms with E-state index < -0.39 is 21.1 Å². The lowest BCUT2D eigenvalue weighted by molar-refractivity contribution is -0.393. The highest BCUT2D eigenvalue weighted by Crippen LogP contribution is 2.31. The molecule has 0 unspecified atom stereocenters. The van der Waals surface area contributed by atoms with E-state index in [0.717, 1.165) is 6.07 Å². The summed E-state index contributed by atoms with van der Waals surface area (Å²) in [6, 6.07) is 3.33. The van der Waals surface area contributed by atoms with Gasteiger partial charge in [0.1, 0.15) is 12.3 Å². The normalized spacial score (nSPS) is 11.1. The molecule has 1 heterocycles. The SMILES string of the molecule is CC(C)(COc1nonc1N)Nc1ccc([N+](=O)[O-])cc1[N+](=O)[O-]. The molecule has 0 atom stereocenters. The molecule has 0 aliphatic heterocycles. The van der Waals surface area contributed by atoms with Crippen LogP contribution in [0.1, 0.15) is 13.8 Å². The molecule has 0 bridgehead atoms. The number of anilines is 2. The predicted octanol–water partition coefficient (Wildman–Crippen LogP) is 1.74. The summed E-state index contributed by atoms with van der Waals surface area (Å²) in [6.45, 7) is 3.45. The van der Waals surface area contributed by atoms with Crippen molar-refractivity contribution in [2.24, 2.45) is 0 Å². The third-order valence-electron chi connectivity index (χ3n) is 2.91. The molecule has 0 fully saturated rings. The molecule has 0 aliphatic rings. The summed E-state index contributed by atoms with van der Waals surface area (Å²) in [6.07, 6.45) is 0. The highest BCUT2D eigenvalue weighted by Gasteiger charge is 2.26. The van der Waals surface area contributed by atoms with Gasteiger partial charge in [0.05, 0.1) is 21.5 Å². The van der Waals surface area contributed by atoms with Gasteiger partial charge in [-0.1, -0.05) is 0 Å². The van der Waals surface area contributed by atoms with E-state index in [1.165, 1.54) is 12.1 Å². The number of hydrogen-bond donors (Lipinski definition) is 2. The number of non-ortho nitro benzene ring substituents is 1. The summed E-state index contributed by atoms with van der Waals surface area (Å²) in [5.41, 5.74) is 4.01. The molecular weight excluding hydrogens is 324 g/mol. The molecule has 0 saturated carbocycles. The van der Waals surface area contributed by atoms with Crippen molar-refractivity contribution < 1.29 is 19.2 Å². The lowest BCUT2D eigenvalue weighted by Crippen LogP contribution is -2.38. The van der Waals surface area contributed by atoms with E-state index in [4.69, 9.17) is 10.5 Å². The van der Waals surface area contributed by atoms with E-state index in [1.807, 2.05) is 0 Å². The first-order valence-corrected chi connectivity index (χ1v) is 6.61. The first-order chi connectivity index (χ1) is 11.2. The number of benzene rings is 1. The van der Waals surface area contributed by atoms with E-state index in [-0.39, 0.29) is 29.7 Å². The number of nitro groups is 2. The molecule has 128 valence electrons. The first-order valence-electron chi connectivity index (χ1n) is 6.61. The van der Waals surface area contributed by atoms with E-state index >= 15 is 0 Å². The van der Waals surface area contributed by atoms with Gasteiger partial charge in [0.2, 0.25) is 5.82 Å². The van der Waals surface area contributed by atoms with Gasteiger partial charge in [-0.05, 0) is 30.2 Å². The van der Waals surface area contributed by atoms with Crippen molar-refractivity contribution in [2.45, 2.75) is 19.4 Å². The van der Waals surface area contributed by atoms with E-state index in [2.05, 4.69) is 20.3 Å². The second kappa shape index (κ2) is 6.36. The summed E-state index contributed by atoms with van der Waals surface area (Å²) >= 11 is 0. The Labute approximate surface area is 134 Å². The van der Waals surface area contributed by atoms with Crippen LogP contribution < -0.4 is 15.8 Å². The zero-order valence-electron chi connectivity index (χ0n) is 12.8. The molecule has 0 saturated heterocycles. The maximum Gasteiger partial charge on any atom is 0.300 e. The lowest BCUT2D eigenvalue weighted by atomic mass is 10.1. The second-order valence-electron chi connectivity index (χ2n) is 5.47. The lowest BCUT2D eigenvalue weighted by Gasteiger charge is -2.26. The average Bonchev–Trinajstić information content (AvgIpc) is 2.90. The number of nitrogens with two attached hydrogens (primary N) is 1. The highest BCUT2D eigenvalue weighted by atomic mass is 16.6. The summed E-state index contributed by atoms with van der Waals surface area (Å²) in [5, 5.41) is 31.6. The number of nitro benzene ring substituents is 2. The van der Waals surface area contributed by atoms with Crippen molar-refractivity contribution >= 4 is 22.9 Å². The topological polar surface area (TPSA) is 172 Å². The van der Waals surface area contributed by atoms with Crippen LogP contribution in [0, 0.1) is 20.2 Å². The molecular formula is C12H14N6O6. The smallest absolute Gasteiger partial charge is 0.300 e. The monoisotopic (exact) mass is 338 g/mol. The predicted molar refractivity (Wildman–Crippen MR) is 81.7 cm³/mol. The second-order valence-corrected chi connectivity index (χ2v) is 5.47. The molecule has 1 aromatic heterocycles. The average molecular weight is 338 g/mol. The third kappa shape index (κ3) is 3.85. The largest absolute Gasteiger partial charge is 0.470 e. The van der Waals surface area contributed by atoms with Crippen molar-refractivity contribution in [3.8, 4) is 5.88 Å². The quantitative estimate of drug-likeness (QED) is 0.559. The van der Waals surface area contributed by atoms with Crippen LogP contribution in [-0.2, 0) is 0 Å².